The molecule has 1 amide bonds. The molecular formula is C13H21N3O2S. The summed E-state index contributed by atoms with van der Waals surface area (Å²) in [5.74, 6) is 1.79. The molecule has 0 aliphatic rings. The Morgan fingerprint density at radius 1 is 1.47 bits per heavy atom. The van der Waals surface area contributed by atoms with Crippen molar-refractivity contribution in [3.8, 4) is 0 Å². The number of amides is 1. The third-order valence-electron chi connectivity index (χ3n) is 2.35. The number of aliphatic hydroxyl groups excluding tert-OH is 1. The third-order valence-corrected chi connectivity index (χ3v) is 3.42. The van der Waals surface area contributed by atoms with Crippen LogP contribution in [0.3, 0.4) is 0 Å². The second-order valence-electron chi connectivity index (χ2n) is 3.91. The average molecular weight is 283 g/mol. The van der Waals surface area contributed by atoms with Gasteiger partial charge in [-0.1, -0.05) is 0 Å². The summed E-state index contributed by atoms with van der Waals surface area (Å²) in [6, 6.07) is 3.60. The van der Waals surface area contributed by atoms with Crippen LogP contribution in [0.4, 0.5) is 5.69 Å². The van der Waals surface area contributed by atoms with Crippen LogP contribution < -0.4 is 10.6 Å². The van der Waals surface area contributed by atoms with Crippen LogP contribution in [0.25, 0.3) is 0 Å². The maximum Gasteiger partial charge on any atom is 0.269 e. The highest BCUT2D eigenvalue weighted by atomic mass is 32.2. The molecule has 6 heteroatoms. The molecule has 0 spiro atoms. The maximum absolute atomic E-state index is 11.6. The van der Waals surface area contributed by atoms with Gasteiger partial charge in [0.15, 0.2) is 0 Å². The predicted molar refractivity (Wildman–Crippen MR) is 79.8 cm³/mol. The van der Waals surface area contributed by atoms with E-state index in [1.54, 1.807) is 24.0 Å². The number of hydrogen-bond acceptors (Lipinski definition) is 5. The fraction of sp³-hybridized carbons (Fsp3) is 0.538. The standard InChI is InChI=1S/C13H21N3O2S/c1-2-14-13(18)12-10-11(4-5-16-12)15-6-9-19-8-3-7-17/h4-5,10,17H,2-3,6-9H2,1H3,(H,14,18)(H,15,16). The van der Waals surface area contributed by atoms with Crippen molar-refractivity contribution in [2.24, 2.45) is 0 Å². The highest BCUT2D eigenvalue weighted by Gasteiger charge is 2.05. The molecule has 0 atom stereocenters. The number of anilines is 1. The Balaban J connectivity index is 2.34. The average Bonchev–Trinajstić information content (AvgIpc) is 2.43. The van der Waals surface area contributed by atoms with Gasteiger partial charge in [0.25, 0.3) is 5.91 Å². The minimum atomic E-state index is -0.150. The number of nitrogens with one attached hydrogen (secondary N) is 2. The summed E-state index contributed by atoms with van der Waals surface area (Å²) in [7, 11) is 0. The summed E-state index contributed by atoms with van der Waals surface area (Å²) in [4.78, 5) is 15.7. The van der Waals surface area contributed by atoms with E-state index in [4.69, 9.17) is 5.11 Å². The summed E-state index contributed by atoms with van der Waals surface area (Å²) in [6.07, 6.45) is 2.47. The Morgan fingerprint density at radius 2 is 2.32 bits per heavy atom. The summed E-state index contributed by atoms with van der Waals surface area (Å²) in [5, 5.41) is 14.6. The van der Waals surface area contributed by atoms with Crippen LogP contribution in [-0.4, -0.2) is 47.2 Å². The number of carbonyl (C=O) groups is 1. The van der Waals surface area contributed by atoms with Crippen molar-refractivity contribution in [1.29, 1.82) is 0 Å². The number of carbonyl (C=O) groups excluding carboxylic acids is 1. The normalized spacial score (nSPS) is 10.2. The van der Waals surface area contributed by atoms with Crippen LogP contribution in [0.2, 0.25) is 0 Å². The minimum Gasteiger partial charge on any atom is -0.396 e. The fourth-order valence-corrected chi connectivity index (χ4v) is 2.24. The molecule has 0 aliphatic carbocycles. The van der Waals surface area contributed by atoms with Crippen molar-refractivity contribution < 1.29 is 9.90 Å². The number of pyridine rings is 1. The maximum atomic E-state index is 11.6. The molecule has 0 fully saturated rings. The van der Waals surface area contributed by atoms with E-state index in [9.17, 15) is 4.79 Å². The van der Waals surface area contributed by atoms with E-state index in [1.165, 1.54) is 0 Å². The lowest BCUT2D eigenvalue weighted by Crippen LogP contribution is -2.23. The molecule has 3 N–H and O–H groups in total. The van der Waals surface area contributed by atoms with Crippen molar-refractivity contribution in [3.05, 3.63) is 24.0 Å². The van der Waals surface area contributed by atoms with Gasteiger partial charge in [0.05, 0.1) is 0 Å². The summed E-state index contributed by atoms with van der Waals surface area (Å²) < 4.78 is 0. The first-order chi connectivity index (χ1) is 9.27. The van der Waals surface area contributed by atoms with Crippen LogP contribution in [0.5, 0.6) is 0 Å². The smallest absolute Gasteiger partial charge is 0.269 e. The lowest BCUT2D eigenvalue weighted by atomic mass is 10.3. The lowest BCUT2D eigenvalue weighted by molar-refractivity contribution is 0.0951. The van der Waals surface area contributed by atoms with Gasteiger partial charge in [-0.2, -0.15) is 11.8 Å². The first kappa shape index (κ1) is 15.8. The van der Waals surface area contributed by atoms with Gasteiger partial charge < -0.3 is 15.7 Å². The lowest BCUT2D eigenvalue weighted by Gasteiger charge is -2.07. The molecule has 0 aromatic carbocycles. The molecule has 0 saturated heterocycles. The molecule has 106 valence electrons. The molecule has 1 rings (SSSR count). The van der Waals surface area contributed by atoms with Crippen LogP contribution in [-0.2, 0) is 0 Å². The summed E-state index contributed by atoms with van der Waals surface area (Å²) in [5.41, 5.74) is 1.33. The van der Waals surface area contributed by atoms with Crippen molar-refractivity contribution in [2.75, 3.05) is 36.5 Å². The molecule has 1 aromatic heterocycles. The summed E-state index contributed by atoms with van der Waals surface area (Å²) in [6.45, 7) is 3.55. The molecular weight excluding hydrogens is 262 g/mol. The predicted octanol–water partition coefficient (Wildman–Crippen LogP) is 1.36. The van der Waals surface area contributed by atoms with Gasteiger partial charge in [-0.3, -0.25) is 9.78 Å². The number of thioether (sulfide) groups is 1. The van der Waals surface area contributed by atoms with Gasteiger partial charge >= 0.3 is 0 Å². The highest BCUT2D eigenvalue weighted by molar-refractivity contribution is 7.99. The zero-order valence-electron chi connectivity index (χ0n) is 11.2. The van der Waals surface area contributed by atoms with Crippen molar-refractivity contribution in [3.63, 3.8) is 0 Å². The Kier molecular flexibility index (Phi) is 8.00. The molecule has 5 nitrogen and oxygen atoms in total. The van der Waals surface area contributed by atoms with Crippen LogP contribution in [0, 0.1) is 0 Å². The van der Waals surface area contributed by atoms with Crippen LogP contribution in [0.1, 0.15) is 23.8 Å². The molecule has 19 heavy (non-hydrogen) atoms. The largest absolute Gasteiger partial charge is 0.396 e. The molecule has 0 unspecified atom stereocenters. The van der Waals surface area contributed by atoms with Crippen LogP contribution in [0.15, 0.2) is 18.3 Å². The second kappa shape index (κ2) is 9.63. The third kappa shape index (κ3) is 6.45. The molecule has 1 aromatic rings. The zero-order valence-corrected chi connectivity index (χ0v) is 12.0. The molecule has 0 aliphatic heterocycles. The fourth-order valence-electron chi connectivity index (χ4n) is 1.45. The Morgan fingerprint density at radius 3 is 3.05 bits per heavy atom. The monoisotopic (exact) mass is 283 g/mol. The first-order valence-electron chi connectivity index (χ1n) is 6.44. The van der Waals surface area contributed by atoms with Gasteiger partial charge in [0, 0.05) is 37.3 Å². The molecule has 0 radical (unpaired) electrons. The van der Waals surface area contributed by atoms with Gasteiger partial charge in [-0.05, 0) is 31.2 Å². The van der Waals surface area contributed by atoms with Crippen molar-refractivity contribution >= 4 is 23.4 Å². The van der Waals surface area contributed by atoms with Crippen LogP contribution >= 0.6 is 11.8 Å². The van der Waals surface area contributed by atoms with E-state index >= 15 is 0 Å². The van der Waals surface area contributed by atoms with E-state index in [0.717, 1.165) is 30.2 Å². The van der Waals surface area contributed by atoms with E-state index in [-0.39, 0.29) is 12.5 Å². The number of aromatic nitrogens is 1. The summed E-state index contributed by atoms with van der Waals surface area (Å²) >= 11 is 1.80. The van der Waals surface area contributed by atoms with Crippen molar-refractivity contribution in [2.45, 2.75) is 13.3 Å². The Bertz CT molecular complexity index is 388. The molecule has 1 heterocycles. The quantitative estimate of drug-likeness (QED) is 0.597. The van der Waals surface area contributed by atoms with E-state index in [2.05, 4.69) is 15.6 Å². The second-order valence-corrected chi connectivity index (χ2v) is 5.13. The minimum absolute atomic E-state index is 0.150. The molecule has 0 saturated carbocycles. The van der Waals surface area contributed by atoms with E-state index in [1.807, 2.05) is 13.0 Å². The highest BCUT2D eigenvalue weighted by Crippen LogP contribution is 2.09. The first-order valence-corrected chi connectivity index (χ1v) is 7.60. The zero-order chi connectivity index (χ0) is 13.9. The van der Waals surface area contributed by atoms with Gasteiger partial charge in [-0.25, -0.2) is 0 Å². The number of nitrogens with zero attached hydrogens (tertiary/aromatic N) is 1. The molecule has 0 bridgehead atoms. The van der Waals surface area contributed by atoms with Gasteiger partial charge in [0.1, 0.15) is 5.69 Å². The SMILES string of the molecule is CCNC(=O)c1cc(NCCSCCCO)ccn1. The van der Waals surface area contributed by atoms with E-state index in [0.29, 0.717) is 12.2 Å². The Labute approximate surface area is 118 Å². The van der Waals surface area contributed by atoms with E-state index < -0.39 is 0 Å². The van der Waals surface area contributed by atoms with Crippen molar-refractivity contribution in [1.82, 2.24) is 10.3 Å². The topological polar surface area (TPSA) is 74.2 Å². The number of rotatable bonds is 9. The Hall–Kier alpha value is -1.27. The number of hydrogen-bond donors (Lipinski definition) is 3. The number of aliphatic hydroxyl groups is 1. The van der Waals surface area contributed by atoms with Gasteiger partial charge in [-0.15, -0.1) is 0 Å². The van der Waals surface area contributed by atoms with Gasteiger partial charge in [0.2, 0.25) is 0 Å².